The predicted molar refractivity (Wildman–Crippen MR) is 67.4 cm³/mol. The second-order valence-corrected chi connectivity index (χ2v) is 4.06. The second kappa shape index (κ2) is 5.21. The fourth-order valence-electron chi connectivity index (χ4n) is 1.38. The molecule has 1 aromatic carbocycles. The molecule has 0 saturated heterocycles. The molecule has 0 aliphatic carbocycles. The van der Waals surface area contributed by atoms with E-state index in [-0.39, 0.29) is 29.9 Å². The van der Waals surface area contributed by atoms with E-state index in [0.29, 0.717) is 0 Å². The summed E-state index contributed by atoms with van der Waals surface area (Å²) in [6.45, 7) is 0. The Balaban J connectivity index is 0.00000128. The van der Waals surface area contributed by atoms with Crippen LogP contribution in [0.4, 0.5) is 0 Å². The van der Waals surface area contributed by atoms with Gasteiger partial charge in [-0.3, -0.25) is 0 Å². The van der Waals surface area contributed by atoms with Crippen LogP contribution in [-0.2, 0) is 0 Å². The zero-order chi connectivity index (χ0) is 10.8. The SMILES string of the molecule is Cl.N[C@H](c1ccsc1)c1ccc(O)c(O)c1. The summed E-state index contributed by atoms with van der Waals surface area (Å²) >= 11 is 1.58. The highest BCUT2D eigenvalue weighted by Crippen LogP contribution is 2.29. The van der Waals surface area contributed by atoms with Gasteiger partial charge in [0.15, 0.2) is 11.5 Å². The van der Waals surface area contributed by atoms with Crippen LogP contribution < -0.4 is 5.73 Å². The van der Waals surface area contributed by atoms with E-state index >= 15 is 0 Å². The summed E-state index contributed by atoms with van der Waals surface area (Å²) in [6, 6.07) is 6.31. The van der Waals surface area contributed by atoms with Crippen LogP contribution in [0.5, 0.6) is 11.5 Å². The van der Waals surface area contributed by atoms with Crippen LogP contribution in [0.3, 0.4) is 0 Å². The molecule has 0 saturated carbocycles. The van der Waals surface area contributed by atoms with Gasteiger partial charge in [-0.05, 0) is 40.1 Å². The molecule has 0 unspecified atom stereocenters. The summed E-state index contributed by atoms with van der Waals surface area (Å²) in [7, 11) is 0. The maximum atomic E-state index is 9.34. The van der Waals surface area contributed by atoms with Crippen molar-refractivity contribution in [2.75, 3.05) is 0 Å². The zero-order valence-electron chi connectivity index (χ0n) is 8.33. The lowest BCUT2D eigenvalue weighted by Crippen LogP contribution is -2.10. The van der Waals surface area contributed by atoms with Gasteiger partial charge in [-0.1, -0.05) is 6.07 Å². The fourth-order valence-corrected chi connectivity index (χ4v) is 2.07. The smallest absolute Gasteiger partial charge is 0.157 e. The third kappa shape index (κ3) is 2.47. The van der Waals surface area contributed by atoms with E-state index in [1.165, 1.54) is 12.1 Å². The molecular formula is C11H12ClNO2S. The Morgan fingerprint density at radius 3 is 2.38 bits per heavy atom. The Labute approximate surface area is 104 Å². The Hall–Kier alpha value is -1.23. The summed E-state index contributed by atoms with van der Waals surface area (Å²) in [5.41, 5.74) is 7.78. The zero-order valence-corrected chi connectivity index (χ0v) is 9.96. The van der Waals surface area contributed by atoms with Crippen LogP contribution in [0.25, 0.3) is 0 Å². The Morgan fingerprint density at radius 1 is 1.06 bits per heavy atom. The van der Waals surface area contributed by atoms with Crippen molar-refractivity contribution in [2.24, 2.45) is 5.73 Å². The van der Waals surface area contributed by atoms with Crippen LogP contribution in [0, 0.1) is 0 Å². The van der Waals surface area contributed by atoms with Crippen LogP contribution in [0.15, 0.2) is 35.0 Å². The molecule has 0 fully saturated rings. The van der Waals surface area contributed by atoms with Gasteiger partial charge in [0.25, 0.3) is 0 Å². The van der Waals surface area contributed by atoms with E-state index < -0.39 is 0 Å². The highest BCUT2D eigenvalue weighted by atomic mass is 35.5. The molecule has 0 bridgehead atoms. The first kappa shape index (κ1) is 12.8. The molecule has 3 nitrogen and oxygen atoms in total. The normalized spacial score (nSPS) is 11.8. The van der Waals surface area contributed by atoms with E-state index in [1.807, 2.05) is 16.8 Å². The minimum absolute atomic E-state index is 0. The molecule has 4 N–H and O–H groups in total. The van der Waals surface area contributed by atoms with E-state index in [4.69, 9.17) is 10.8 Å². The lowest BCUT2D eigenvalue weighted by molar-refractivity contribution is 0.403. The second-order valence-electron chi connectivity index (χ2n) is 3.28. The van der Waals surface area contributed by atoms with Gasteiger partial charge in [-0.2, -0.15) is 11.3 Å². The molecule has 0 spiro atoms. The van der Waals surface area contributed by atoms with Gasteiger partial charge in [0, 0.05) is 0 Å². The number of phenols is 2. The van der Waals surface area contributed by atoms with Crippen molar-refractivity contribution in [1.29, 1.82) is 0 Å². The number of rotatable bonds is 2. The molecule has 0 aliphatic heterocycles. The van der Waals surface area contributed by atoms with Gasteiger partial charge in [0.1, 0.15) is 0 Å². The quantitative estimate of drug-likeness (QED) is 0.725. The highest BCUT2D eigenvalue weighted by molar-refractivity contribution is 7.08. The summed E-state index contributed by atoms with van der Waals surface area (Å²) in [6.07, 6.45) is 0. The van der Waals surface area contributed by atoms with Crippen molar-refractivity contribution in [1.82, 2.24) is 0 Å². The number of halogens is 1. The lowest BCUT2D eigenvalue weighted by atomic mass is 10.0. The van der Waals surface area contributed by atoms with Crippen molar-refractivity contribution in [3.8, 4) is 11.5 Å². The molecule has 1 aromatic heterocycles. The number of thiophene rings is 1. The summed E-state index contributed by atoms with van der Waals surface area (Å²) < 4.78 is 0. The van der Waals surface area contributed by atoms with Crippen LogP contribution in [-0.4, -0.2) is 10.2 Å². The molecule has 1 heterocycles. The molecule has 0 radical (unpaired) electrons. The summed E-state index contributed by atoms with van der Waals surface area (Å²) in [5.74, 6) is -0.269. The Bertz CT molecular complexity index is 459. The van der Waals surface area contributed by atoms with E-state index in [1.54, 1.807) is 17.4 Å². The van der Waals surface area contributed by atoms with E-state index in [9.17, 15) is 5.11 Å². The van der Waals surface area contributed by atoms with Crippen LogP contribution >= 0.6 is 23.7 Å². The third-order valence-corrected chi connectivity index (χ3v) is 2.96. The van der Waals surface area contributed by atoms with Crippen molar-refractivity contribution in [3.05, 3.63) is 46.2 Å². The molecule has 0 amide bonds. The Morgan fingerprint density at radius 2 is 1.81 bits per heavy atom. The van der Waals surface area contributed by atoms with Crippen LogP contribution in [0.2, 0.25) is 0 Å². The van der Waals surface area contributed by atoms with Gasteiger partial charge in [-0.15, -0.1) is 12.4 Å². The molecular weight excluding hydrogens is 246 g/mol. The minimum atomic E-state index is -0.261. The monoisotopic (exact) mass is 257 g/mol. The number of aromatic hydroxyl groups is 2. The minimum Gasteiger partial charge on any atom is -0.504 e. The van der Waals surface area contributed by atoms with Crippen molar-refractivity contribution >= 4 is 23.7 Å². The first-order valence-electron chi connectivity index (χ1n) is 4.48. The standard InChI is InChI=1S/C11H11NO2S.ClH/c12-11(8-3-4-15-6-8)7-1-2-9(13)10(14)5-7;/h1-6,11,13-14H,12H2;1H/t11-;/m0./s1. The lowest BCUT2D eigenvalue weighted by Gasteiger charge is -2.11. The molecule has 0 aliphatic rings. The molecule has 86 valence electrons. The molecule has 2 aromatic rings. The number of nitrogens with two attached hydrogens (primary N) is 1. The number of phenolic OH excluding ortho intramolecular Hbond substituents is 2. The third-order valence-electron chi connectivity index (χ3n) is 2.26. The number of hydrogen-bond acceptors (Lipinski definition) is 4. The number of benzene rings is 1. The van der Waals surface area contributed by atoms with Gasteiger partial charge in [0.2, 0.25) is 0 Å². The summed E-state index contributed by atoms with van der Waals surface area (Å²) in [5, 5.41) is 22.4. The topological polar surface area (TPSA) is 66.5 Å². The molecule has 5 heteroatoms. The van der Waals surface area contributed by atoms with Crippen LogP contribution in [0.1, 0.15) is 17.2 Å². The van der Waals surface area contributed by atoms with Crippen molar-refractivity contribution in [2.45, 2.75) is 6.04 Å². The maximum absolute atomic E-state index is 9.34. The molecule has 16 heavy (non-hydrogen) atoms. The first-order valence-corrected chi connectivity index (χ1v) is 5.42. The highest BCUT2D eigenvalue weighted by Gasteiger charge is 2.11. The van der Waals surface area contributed by atoms with Crippen molar-refractivity contribution in [3.63, 3.8) is 0 Å². The average molecular weight is 258 g/mol. The fraction of sp³-hybridized carbons (Fsp3) is 0.0909. The maximum Gasteiger partial charge on any atom is 0.157 e. The van der Waals surface area contributed by atoms with Gasteiger partial charge in [-0.25, -0.2) is 0 Å². The van der Waals surface area contributed by atoms with Gasteiger partial charge in [0.05, 0.1) is 6.04 Å². The molecule has 2 rings (SSSR count). The van der Waals surface area contributed by atoms with Gasteiger partial charge < -0.3 is 15.9 Å². The van der Waals surface area contributed by atoms with E-state index in [2.05, 4.69) is 0 Å². The number of hydrogen-bond donors (Lipinski definition) is 3. The average Bonchev–Trinajstić information content (AvgIpc) is 2.74. The summed E-state index contributed by atoms with van der Waals surface area (Å²) in [4.78, 5) is 0. The first-order chi connectivity index (χ1) is 7.18. The largest absolute Gasteiger partial charge is 0.504 e. The Kier molecular flexibility index (Phi) is 4.18. The predicted octanol–water partition coefficient (Wildman–Crippen LogP) is 2.63. The van der Waals surface area contributed by atoms with Gasteiger partial charge >= 0.3 is 0 Å². The molecule has 1 atom stereocenters. The van der Waals surface area contributed by atoms with E-state index in [0.717, 1.165) is 11.1 Å². The van der Waals surface area contributed by atoms with Crippen molar-refractivity contribution < 1.29 is 10.2 Å².